The van der Waals surface area contributed by atoms with Gasteiger partial charge in [0, 0.05) is 23.9 Å². The molecule has 2 aromatic rings. The molecule has 0 amide bonds. The standard InChI is InChI=1S/C15H16N2O3/c1-11-14(6-3-7-15(11)17(19)20)16-9-12-4-2-5-13(8-12)10-18/h2-8,16,18H,9-10H2,1H3. The van der Waals surface area contributed by atoms with E-state index in [2.05, 4.69) is 5.32 Å². The third-order valence-corrected chi connectivity index (χ3v) is 3.16. The fourth-order valence-corrected chi connectivity index (χ4v) is 2.05. The Hall–Kier alpha value is -2.40. The van der Waals surface area contributed by atoms with Crippen LogP contribution in [-0.2, 0) is 13.2 Å². The van der Waals surface area contributed by atoms with Gasteiger partial charge in [-0.25, -0.2) is 0 Å². The number of anilines is 1. The molecule has 0 atom stereocenters. The summed E-state index contributed by atoms with van der Waals surface area (Å²) in [6.45, 7) is 2.28. The van der Waals surface area contributed by atoms with Crippen LogP contribution in [-0.4, -0.2) is 10.0 Å². The molecule has 20 heavy (non-hydrogen) atoms. The van der Waals surface area contributed by atoms with Crippen molar-refractivity contribution in [3.05, 3.63) is 69.3 Å². The van der Waals surface area contributed by atoms with Gasteiger partial charge in [0.25, 0.3) is 5.69 Å². The van der Waals surface area contributed by atoms with Crippen molar-refractivity contribution in [2.24, 2.45) is 0 Å². The Morgan fingerprint density at radius 1 is 1.20 bits per heavy atom. The summed E-state index contributed by atoms with van der Waals surface area (Å²) >= 11 is 0. The van der Waals surface area contributed by atoms with Crippen LogP contribution in [0.2, 0.25) is 0 Å². The molecule has 0 saturated carbocycles. The quantitative estimate of drug-likeness (QED) is 0.648. The molecule has 0 radical (unpaired) electrons. The van der Waals surface area contributed by atoms with Crippen molar-refractivity contribution in [1.82, 2.24) is 0 Å². The van der Waals surface area contributed by atoms with Gasteiger partial charge in [-0.15, -0.1) is 0 Å². The Kier molecular flexibility index (Phi) is 4.32. The number of aliphatic hydroxyl groups is 1. The van der Waals surface area contributed by atoms with Gasteiger partial charge >= 0.3 is 0 Å². The van der Waals surface area contributed by atoms with E-state index in [0.29, 0.717) is 12.1 Å². The summed E-state index contributed by atoms with van der Waals surface area (Å²) in [6.07, 6.45) is 0. The maximum atomic E-state index is 10.9. The van der Waals surface area contributed by atoms with E-state index in [1.807, 2.05) is 30.3 Å². The fraction of sp³-hybridized carbons (Fsp3) is 0.200. The van der Waals surface area contributed by atoms with Gasteiger partial charge in [-0.1, -0.05) is 30.3 Å². The van der Waals surface area contributed by atoms with E-state index in [0.717, 1.165) is 16.8 Å². The van der Waals surface area contributed by atoms with E-state index in [1.54, 1.807) is 13.0 Å². The molecule has 5 heteroatoms. The second-order valence-electron chi connectivity index (χ2n) is 4.54. The zero-order valence-electron chi connectivity index (χ0n) is 11.2. The summed E-state index contributed by atoms with van der Waals surface area (Å²) in [7, 11) is 0. The van der Waals surface area contributed by atoms with Gasteiger partial charge in [0.05, 0.1) is 11.5 Å². The third-order valence-electron chi connectivity index (χ3n) is 3.16. The average Bonchev–Trinajstić information content (AvgIpc) is 2.46. The highest BCUT2D eigenvalue weighted by Gasteiger charge is 2.12. The summed E-state index contributed by atoms with van der Waals surface area (Å²) in [4.78, 5) is 10.5. The lowest BCUT2D eigenvalue weighted by Crippen LogP contribution is -2.03. The Morgan fingerprint density at radius 2 is 1.90 bits per heavy atom. The predicted molar refractivity (Wildman–Crippen MR) is 77.5 cm³/mol. The number of aliphatic hydroxyl groups excluding tert-OH is 1. The molecule has 0 spiro atoms. The lowest BCUT2D eigenvalue weighted by Gasteiger charge is -2.10. The highest BCUT2D eigenvalue weighted by molar-refractivity contribution is 5.59. The zero-order chi connectivity index (χ0) is 14.5. The number of nitrogens with zero attached hydrogens (tertiary/aromatic N) is 1. The Labute approximate surface area is 117 Å². The third kappa shape index (κ3) is 3.13. The van der Waals surface area contributed by atoms with E-state index in [-0.39, 0.29) is 17.2 Å². The molecule has 0 heterocycles. The maximum absolute atomic E-state index is 10.9. The van der Waals surface area contributed by atoms with Crippen molar-refractivity contribution in [2.45, 2.75) is 20.1 Å². The Balaban J connectivity index is 2.14. The molecule has 2 rings (SSSR count). The number of nitro benzene ring substituents is 1. The highest BCUT2D eigenvalue weighted by Crippen LogP contribution is 2.25. The molecular formula is C15H16N2O3. The van der Waals surface area contributed by atoms with Crippen LogP contribution in [0.15, 0.2) is 42.5 Å². The van der Waals surface area contributed by atoms with Crippen molar-refractivity contribution in [3.8, 4) is 0 Å². The van der Waals surface area contributed by atoms with Crippen molar-refractivity contribution < 1.29 is 10.0 Å². The maximum Gasteiger partial charge on any atom is 0.274 e. The van der Waals surface area contributed by atoms with Gasteiger partial charge in [0.15, 0.2) is 0 Å². The van der Waals surface area contributed by atoms with E-state index >= 15 is 0 Å². The SMILES string of the molecule is Cc1c(NCc2cccc(CO)c2)cccc1[N+](=O)[O-]. The summed E-state index contributed by atoms with van der Waals surface area (Å²) in [5.41, 5.74) is 3.34. The molecule has 2 aromatic carbocycles. The number of rotatable bonds is 5. The molecule has 0 fully saturated rings. The Morgan fingerprint density at radius 3 is 2.60 bits per heavy atom. The number of nitro groups is 1. The van der Waals surface area contributed by atoms with Gasteiger partial charge in [-0.2, -0.15) is 0 Å². The van der Waals surface area contributed by atoms with Crippen LogP contribution in [0.1, 0.15) is 16.7 Å². The number of hydrogen-bond donors (Lipinski definition) is 2. The van der Waals surface area contributed by atoms with E-state index in [1.165, 1.54) is 6.07 Å². The molecule has 0 saturated heterocycles. The largest absolute Gasteiger partial charge is 0.392 e. The second-order valence-corrected chi connectivity index (χ2v) is 4.54. The molecule has 0 bridgehead atoms. The molecule has 5 nitrogen and oxygen atoms in total. The van der Waals surface area contributed by atoms with Gasteiger partial charge in [0.2, 0.25) is 0 Å². The van der Waals surface area contributed by atoms with Crippen molar-refractivity contribution in [3.63, 3.8) is 0 Å². The van der Waals surface area contributed by atoms with Crippen LogP contribution in [0, 0.1) is 17.0 Å². The second kappa shape index (κ2) is 6.16. The van der Waals surface area contributed by atoms with Crippen LogP contribution in [0.25, 0.3) is 0 Å². The predicted octanol–water partition coefficient (Wildman–Crippen LogP) is 3.01. The van der Waals surface area contributed by atoms with Crippen LogP contribution in [0.3, 0.4) is 0 Å². The average molecular weight is 272 g/mol. The Bertz CT molecular complexity index is 626. The summed E-state index contributed by atoms with van der Waals surface area (Å²) in [5, 5.41) is 23.2. The lowest BCUT2D eigenvalue weighted by atomic mass is 10.1. The van der Waals surface area contributed by atoms with Crippen LogP contribution < -0.4 is 5.32 Å². The summed E-state index contributed by atoms with van der Waals surface area (Å²) in [5.74, 6) is 0. The zero-order valence-corrected chi connectivity index (χ0v) is 11.2. The molecule has 2 N–H and O–H groups in total. The number of nitrogens with one attached hydrogen (secondary N) is 1. The van der Waals surface area contributed by atoms with Crippen LogP contribution in [0.4, 0.5) is 11.4 Å². The van der Waals surface area contributed by atoms with E-state index in [4.69, 9.17) is 5.11 Å². The molecule has 0 unspecified atom stereocenters. The number of hydrogen-bond acceptors (Lipinski definition) is 4. The fourth-order valence-electron chi connectivity index (χ4n) is 2.05. The van der Waals surface area contributed by atoms with E-state index < -0.39 is 0 Å². The normalized spacial score (nSPS) is 10.3. The first kappa shape index (κ1) is 14.0. The van der Waals surface area contributed by atoms with Crippen molar-refractivity contribution in [1.29, 1.82) is 0 Å². The van der Waals surface area contributed by atoms with Gasteiger partial charge in [0.1, 0.15) is 0 Å². The molecule has 104 valence electrons. The van der Waals surface area contributed by atoms with Gasteiger partial charge in [-0.3, -0.25) is 10.1 Å². The van der Waals surface area contributed by atoms with E-state index in [9.17, 15) is 10.1 Å². The van der Waals surface area contributed by atoms with Crippen LogP contribution in [0.5, 0.6) is 0 Å². The highest BCUT2D eigenvalue weighted by atomic mass is 16.6. The molecule has 0 aliphatic carbocycles. The smallest absolute Gasteiger partial charge is 0.274 e. The lowest BCUT2D eigenvalue weighted by molar-refractivity contribution is -0.385. The number of benzene rings is 2. The first-order valence-electron chi connectivity index (χ1n) is 6.28. The van der Waals surface area contributed by atoms with Crippen molar-refractivity contribution >= 4 is 11.4 Å². The van der Waals surface area contributed by atoms with Crippen molar-refractivity contribution in [2.75, 3.05) is 5.32 Å². The van der Waals surface area contributed by atoms with Crippen LogP contribution >= 0.6 is 0 Å². The van der Waals surface area contributed by atoms with Gasteiger partial charge < -0.3 is 10.4 Å². The minimum atomic E-state index is -0.382. The minimum absolute atomic E-state index is 0.00365. The van der Waals surface area contributed by atoms with Gasteiger partial charge in [-0.05, 0) is 24.1 Å². The minimum Gasteiger partial charge on any atom is -0.392 e. The summed E-state index contributed by atoms with van der Waals surface area (Å²) < 4.78 is 0. The summed E-state index contributed by atoms with van der Waals surface area (Å²) in [6, 6.07) is 12.5. The molecule has 0 aliphatic rings. The molecule has 0 aromatic heterocycles. The first-order valence-corrected chi connectivity index (χ1v) is 6.28. The topological polar surface area (TPSA) is 75.4 Å². The molecular weight excluding hydrogens is 256 g/mol. The monoisotopic (exact) mass is 272 g/mol. The molecule has 0 aliphatic heterocycles. The first-order chi connectivity index (χ1) is 9.61.